The molecule has 2 saturated heterocycles. The molecule has 0 aromatic heterocycles. The molecule has 0 bridgehead atoms. The summed E-state index contributed by atoms with van der Waals surface area (Å²) in [5, 5.41) is 69.1. The van der Waals surface area contributed by atoms with Crippen molar-refractivity contribution in [1.29, 1.82) is 0 Å². The van der Waals surface area contributed by atoms with E-state index in [9.17, 15) is 30.6 Å². The summed E-state index contributed by atoms with van der Waals surface area (Å²) in [5.41, 5.74) is 11.1. The minimum Gasteiger partial charge on any atom is -0.388 e. The van der Waals surface area contributed by atoms with Crippen LogP contribution in [0.1, 0.15) is 20.3 Å². The molecule has 14 nitrogen and oxygen atoms in total. The largest absolute Gasteiger partial charge is 0.388 e. The first kappa shape index (κ1) is 29.0. The average molecular weight is 511 g/mol. The van der Waals surface area contributed by atoms with Crippen LogP contribution in [0.15, 0.2) is 0 Å². The Morgan fingerprint density at radius 1 is 0.886 bits per heavy atom. The highest BCUT2D eigenvalue weighted by atomic mass is 16.7. The minimum atomic E-state index is -1.61. The lowest BCUT2D eigenvalue weighted by Crippen LogP contribution is -2.69. The molecule has 206 valence electrons. The van der Waals surface area contributed by atoms with Crippen molar-refractivity contribution in [3.63, 3.8) is 0 Å². The number of hydrogen-bond acceptors (Lipinski definition) is 14. The van der Waals surface area contributed by atoms with Crippen LogP contribution in [0, 0.1) is 0 Å². The second-order valence-electron chi connectivity index (χ2n) is 10.1. The van der Waals surface area contributed by atoms with Gasteiger partial charge in [-0.1, -0.05) is 0 Å². The smallest absolute Gasteiger partial charge is 0.187 e. The minimum absolute atomic E-state index is 0.134. The SMILES string of the molecule is CNC(C)C1O[C@@H](O[C@@H]2C(N)C[C@@H](N)[C@@H](O[C@H]3OC[C@](C)(O)C(NC)[C@H]3O)C2O)[C@@H](O)C(O)[C@@H]1O. The normalized spacial score (nSPS) is 52.3. The van der Waals surface area contributed by atoms with Gasteiger partial charge in [0.2, 0.25) is 0 Å². The number of ether oxygens (including phenoxy) is 4. The van der Waals surface area contributed by atoms with Crippen LogP contribution in [-0.2, 0) is 18.9 Å². The van der Waals surface area contributed by atoms with Crippen molar-refractivity contribution < 1.29 is 49.6 Å². The van der Waals surface area contributed by atoms with Crippen LogP contribution in [0.4, 0.5) is 0 Å². The Balaban J connectivity index is 1.73. The summed E-state index contributed by atoms with van der Waals surface area (Å²) in [6, 6.07) is -2.68. The number of rotatable bonds is 7. The Morgan fingerprint density at radius 3 is 2.00 bits per heavy atom. The summed E-state index contributed by atoms with van der Waals surface area (Å²) in [5.74, 6) is 0. The first-order valence-corrected chi connectivity index (χ1v) is 11.9. The summed E-state index contributed by atoms with van der Waals surface area (Å²) in [6.45, 7) is 3.11. The monoisotopic (exact) mass is 510 g/mol. The van der Waals surface area contributed by atoms with Crippen LogP contribution < -0.4 is 22.1 Å². The van der Waals surface area contributed by atoms with Gasteiger partial charge in [0.05, 0.1) is 12.6 Å². The summed E-state index contributed by atoms with van der Waals surface area (Å²) >= 11 is 0. The Morgan fingerprint density at radius 2 is 1.46 bits per heavy atom. The van der Waals surface area contributed by atoms with Crippen LogP contribution >= 0.6 is 0 Å². The molecule has 14 heteroatoms. The van der Waals surface area contributed by atoms with E-state index in [1.54, 1.807) is 21.0 Å². The third-order valence-electron chi connectivity index (χ3n) is 7.34. The standard InChI is InChI=1S/C21H42N4O10/c1-7(24-3)15-11(27)10(26)12(28)20(33-15)35-17-9(23)5-8(22)16(13(17)29)34-19-14(30)18(25-4)21(2,31)6-32-19/h7-20,24-31H,5-6,22-23H2,1-4H3/t7?,8-,9?,10?,11+,12+,13?,14-,15?,16-,17-,18?,19-,20+,21+/m1/s1. The van der Waals surface area contributed by atoms with Crippen molar-refractivity contribution in [1.82, 2.24) is 10.6 Å². The summed E-state index contributed by atoms with van der Waals surface area (Å²) in [4.78, 5) is 0. The molecular weight excluding hydrogens is 468 g/mol. The number of aliphatic hydroxyl groups is 6. The van der Waals surface area contributed by atoms with Gasteiger partial charge in [-0.3, -0.25) is 0 Å². The third kappa shape index (κ3) is 5.81. The predicted octanol–water partition coefficient (Wildman–Crippen LogP) is -5.35. The summed E-state index contributed by atoms with van der Waals surface area (Å²) < 4.78 is 23.0. The van der Waals surface area contributed by atoms with E-state index < -0.39 is 91.2 Å². The fourth-order valence-corrected chi connectivity index (χ4v) is 5.08. The molecule has 0 radical (unpaired) electrons. The zero-order valence-electron chi connectivity index (χ0n) is 20.5. The highest BCUT2D eigenvalue weighted by Crippen LogP contribution is 2.32. The number of nitrogens with two attached hydrogens (primary N) is 2. The fraction of sp³-hybridized carbons (Fsp3) is 1.00. The maximum absolute atomic E-state index is 11.1. The number of likely N-dealkylation sites (N-methyl/N-ethyl adjacent to an activating group) is 2. The lowest BCUT2D eigenvalue weighted by Gasteiger charge is -2.49. The van der Waals surface area contributed by atoms with Gasteiger partial charge < -0.3 is 71.7 Å². The van der Waals surface area contributed by atoms with Gasteiger partial charge in [0.15, 0.2) is 12.6 Å². The molecule has 3 aliphatic rings. The van der Waals surface area contributed by atoms with Crippen molar-refractivity contribution in [2.24, 2.45) is 11.5 Å². The molecule has 0 aromatic rings. The zero-order chi connectivity index (χ0) is 26.2. The van der Waals surface area contributed by atoms with E-state index in [2.05, 4.69) is 10.6 Å². The van der Waals surface area contributed by atoms with Gasteiger partial charge in [-0.05, 0) is 34.4 Å². The first-order chi connectivity index (χ1) is 16.3. The van der Waals surface area contributed by atoms with Crippen LogP contribution in [0.2, 0.25) is 0 Å². The van der Waals surface area contributed by atoms with Crippen molar-refractivity contribution in [2.75, 3.05) is 20.7 Å². The number of nitrogens with one attached hydrogen (secondary N) is 2. The fourth-order valence-electron chi connectivity index (χ4n) is 5.08. The molecule has 35 heavy (non-hydrogen) atoms. The molecule has 3 fully saturated rings. The van der Waals surface area contributed by atoms with Gasteiger partial charge in [0.1, 0.15) is 54.4 Å². The Bertz CT molecular complexity index is 692. The molecule has 0 amide bonds. The topological polar surface area (TPSA) is 234 Å². The quantitative estimate of drug-likeness (QED) is 0.154. The molecule has 0 aromatic carbocycles. The van der Waals surface area contributed by atoms with E-state index in [4.69, 9.17) is 30.4 Å². The van der Waals surface area contributed by atoms with E-state index in [1.165, 1.54) is 6.92 Å². The first-order valence-electron chi connectivity index (χ1n) is 11.9. The van der Waals surface area contributed by atoms with Crippen molar-refractivity contribution in [3.8, 4) is 0 Å². The van der Waals surface area contributed by atoms with Gasteiger partial charge in [0, 0.05) is 18.1 Å². The highest BCUT2D eigenvalue weighted by Gasteiger charge is 2.52. The van der Waals surface area contributed by atoms with Gasteiger partial charge >= 0.3 is 0 Å². The Labute approximate surface area is 204 Å². The zero-order valence-corrected chi connectivity index (χ0v) is 20.5. The predicted molar refractivity (Wildman–Crippen MR) is 121 cm³/mol. The molecule has 3 rings (SSSR count). The van der Waals surface area contributed by atoms with Crippen molar-refractivity contribution in [2.45, 2.75) is 111 Å². The van der Waals surface area contributed by atoms with E-state index in [-0.39, 0.29) is 13.0 Å². The Hall–Kier alpha value is -0.560. The highest BCUT2D eigenvalue weighted by molar-refractivity contribution is 5.02. The van der Waals surface area contributed by atoms with Crippen LogP contribution in [0.25, 0.3) is 0 Å². The van der Waals surface area contributed by atoms with E-state index >= 15 is 0 Å². The van der Waals surface area contributed by atoms with Crippen molar-refractivity contribution in [3.05, 3.63) is 0 Å². The van der Waals surface area contributed by atoms with Crippen LogP contribution in [0.3, 0.4) is 0 Å². The van der Waals surface area contributed by atoms with E-state index in [0.717, 1.165) is 0 Å². The lowest BCUT2D eigenvalue weighted by atomic mass is 9.84. The van der Waals surface area contributed by atoms with Gasteiger partial charge in [-0.15, -0.1) is 0 Å². The molecule has 1 saturated carbocycles. The number of hydrogen-bond donors (Lipinski definition) is 10. The second kappa shape index (κ2) is 11.4. The average Bonchev–Trinajstić information content (AvgIpc) is 2.80. The van der Waals surface area contributed by atoms with Crippen LogP contribution in [0.5, 0.6) is 0 Å². The summed E-state index contributed by atoms with van der Waals surface area (Å²) in [7, 11) is 3.23. The third-order valence-corrected chi connectivity index (χ3v) is 7.34. The molecular formula is C21H42N4O10. The van der Waals surface area contributed by atoms with E-state index in [1.807, 2.05) is 0 Å². The molecule has 6 unspecified atom stereocenters. The second-order valence-corrected chi connectivity index (χ2v) is 10.1. The van der Waals surface area contributed by atoms with E-state index in [0.29, 0.717) is 0 Å². The summed E-state index contributed by atoms with van der Waals surface area (Å²) in [6.07, 6.45) is -12.8. The molecule has 12 N–H and O–H groups in total. The Kier molecular flexibility index (Phi) is 9.49. The van der Waals surface area contributed by atoms with Gasteiger partial charge in [0.25, 0.3) is 0 Å². The maximum atomic E-state index is 11.1. The molecule has 2 aliphatic heterocycles. The lowest BCUT2D eigenvalue weighted by molar-refractivity contribution is -0.333. The molecule has 2 heterocycles. The maximum Gasteiger partial charge on any atom is 0.187 e. The molecule has 0 spiro atoms. The van der Waals surface area contributed by atoms with Crippen LogP contribution in [-0.4, -0.2) is 143 Å². The van der Waals surface area contributed by atoms with Gasteiger partial charge in [-0.25, -0.2) is 0 Å². The van der Waals surface area contributed by atoms with Gasteiger partial charge in [-0.2, -0.15) is 0 Å². The molecule has 1 aliphatic carbocycles. The molecule has 15 atom stereocenters. The number of aliphatic hydroxyl groups excluding tert-OH is 5. The van der Waals surface area contributed by atoms with Crippen molar-refractivity contribution >= 4 is 0 Å².